The first-order chi connectivity index (χ1) is 20.2. The number of unbranched alkanes of at least 4 members (excludes halogenated alkanes) is 11. The standard InChI is InChI=1S/C30H54O12/c1-2-3-4-5-6-7-8-9-10-11-12-13-14-15-16-17-22(33)41-28-23(34)20(18-31)40-30(26(28)37)42-27-21(19-32)39-29(38)25(36)24(27)35/h9-10,20-21,23-32,34-38H,2-8,11-19H2,1H3/b10-9-/t20-,21-,23-,24-,25-,26-,27-,28+,29-,30-/m1/s1. The highest BCUT2D eigenvalue weighted by atomic mass is 16.7. The van der Waals surface area contributed by atoms with Crippen LogP contribution in [0.2, 0.25) is 0 Å². The molecule has 0 aromatic heterocycles. The van der Waals surface area contributed by atoms with Gasteiger partial charge in [0.1, 0.15) is 42.7 Å². The highest BCUT2D eigenvalue weighted by Crippen LogP contribution is 2.30. The van der Waals surface area contributed by atoms with E-state index >= 15 is 0 Å². The van der Waals surface area contributed by atoms with Crippen molar-refractivity contribution in [2.45, 2.75) is 158 Å². The van der Waals surface area contributed by atoms with Gasteiger partial charge in [-0.25, -0.2) is 0 Å². The van der Waals surface area contributed by atoms with Crippen LogP contribution in [-0.4, -0.2) is 116 Å². The number of carbonyl (C=O) groups excluding carboxylic acids is 1. The second-order valence-electron chi connectivity index (χ2n) is 11.3. The molecular weight excluding hydrogens is 552 g/mol. The van der Waals surface area contributed by atoms with Crippen molar-refractivity contribution in [1.29, 1.82) is 0 Å². The molecule has 2 aliphatic rings. The van der Waals surface area contributed by atoms with Crippen LogP contribution in [0.5, 0.6) is 0 Å². The third kappa shape index (κ3) is 12.1. The smallest absolute Gasteiger partial charge is 0.306 e. The highest BCUT2D eigenvalue weighted by Gasteiger charge is 2.51. The van der Waals surface area contributed by atoms with Gasteiger partial charge in [0.15, 0.2) is 18.7 Å². The molecule has 10 atom stereocenters. The van der Waals surface area contributed by atoms with E-state index in [-0.39, 0.29) is 6.42 Å². The fourth-order valence-electron chi connectivity index (χ4n) is 5.25. The summed E-state index contributed by atoms with van der Waals surface area (Å²) in [5, 5.41) is 70.5. The van der Waals surface area contributed by atoms with Gasteiger partial charge in [0.25, 0.3) is 0 Å². The molecule has 246 valence electrons. The molecular formula is C30H54O12. The van der Waals surface area contributed by atoms with Crippen LogP contribution in [-0.2, 0) is 23.7 Å². The lowest BCUT2D eigenvalue weighted by molar-refractivity contribution is -0.355. The lowest BCUT2D eigenvalue weighted by atomic mass is 9.97. The summed E-state index contributed by atoms with van der Waals surface area (Å²) < 4.78 is 21.4. The first-order valence-electron chi connectivity index (χ1n) is 15.7. The van der Waals surface area contributed by atoms with Gasteiger partial charge in [-0.15, -0.1) is 0 Å². The van der Waals surface area contributed by atoms with Crippen molar-refractivity contribution < 1.29 is 59.5 Å². The van der Waals surface area contributed by atoms with Gasteiger partial charge in [-0.1, -0.05) is 70.4 Å². The number of aliphatic hydroxyl groups excluding tert-OH is 7. The predicted molar refractivity (Wildman–Crippen MR) is 152 cm³/mol. The maximum absolute atomic E-state index is 12.5. The fraction of sp³-hybridized carbons (Fsp3) is 0.900. The number of hydrogen-bond acceptors (Lipinski definition) is 12. The zero-order valence-electron chi connectivity index (χ0n) is 24.9. The molecule has 42 heavy (non-hydrogen) atoms. The zero-order valence-corrected chi connectivity index (χ0v) is 24.9. The molecule has 2 saturated heterocycles. The van der Waals surface area contributed by atoms with Crippen molar-refractivity contribution >= 4 is 5.97 Å². The molecule has 0 bridgehead atoms. The van der Waals surface area contributed by atoms with E-state index in [1.54, 1.807) is 0 Å². The van der Waals surface area contributed by atoms with Crippen LogP contribution in [0.3, 0.4) is 0 Å². The predicted octanol–water partition coefficient (Wildman–Crippen LogP) is 1.19. The molecule has 2 fully saturated rings. The Labute approximate surface area is 249 Å². The van der Waals surface area contributed by atoms with Crippen LogP contribution < -0.4 is 0 Å². The van der Waals surface area contributed by atoms with Gasteiger partial charge >= 0.3 is 5.97 Å². The van der Waals surface area contributed by atoms with E-state index in [9.17, 15) is 40.5 Å². The van der Waals surface area contributed by atoms with Crippen LogP contribution in [0, 0.1) is 0 Å². The second-order valence-corrected chi connectivity index (χ2v) is 11.3. The maximum Gasteiger partial charge on any atom is 0.306 e. The van der Waals surface area contributed by atoms with E-state index in [0.717, 1.165) is 38.5 Å². The van der Waals surface area contributed by atoms with E-state index in [1.165, 1.54) is 38.5 Å². The van der Waals surface area contributed by atoms with E-state index in [1.807, 2.05) is 0 Å². The molecule has 0 radical (unpaired) electrons. The molecule has 0 saturated carbocycles. The number of hydrogen-bond donors (Lipinski definition) is 7. The van der Waals surface area contributed by atoms with Gasteiger partial charge in [0.2, 0.25) is 0 Å². The molecule has 0 spiro atoms. The fourth-order valence-corrected chi connectivity index (χ4v) is 5.25. The van der Waals surface area contributed by atoms with Crippen molar-refractivity contribution in [1.82, 2.24) is 0 Å². The normalized spacial score (nSPS) is 33.7. The molecule has 2 heterocycles. The first kappa shape index (κ1) is 37.0. The summed E-state index contributed by atoms with van der Waals surface area (Å²) in [6.45, 7) is 0.837. The summed E-state index contributed by atoms with van der Waals surface area (Å²) in [5.74, 6) is -0.638. The molecule has 0 aromatic carbocycles. The SMILES string of the molecule is CCCCCCCC/C=C\CCCCCCCC(=O)O[C@@H]1[C@@H](O)[C@@H](O[C@H]2[C@H](O)[C@@H](O)[C@H](O)O[C@@H]2CO)O[C@H](CO)[C@H]1O. The van der Waals surface area contributed by atoms with Crippen LogP contribution >= 0.6 is 0 Å². The van der Waals surface area contributed by atoms with Crippen LogP contribution in [0.15, 0.2) is 12.2 Å². The summed E-state index contributed by atoms with van der Waals surface area (Å²) in [5.41, 5.74) is 0. The van der Waals surface area contributed by atoms with Crippen molar-refractivity contribution in [3.63, 3.8) is 0 Å². The van der Waals surface area contributed by atoms with Gasteiger partial charge < -0.3 is 54.7 Å². The lowest BCUT2D eigenvalue weighted by Crippen LogP contribution is -2.65. The third-order valence-corrected chi connectivity index (χ3v) is 7.86. The third-order valence-electron chi connectivity index (χ3n) is 7.86. The minimum Gasteiger partial charge on any atom is -0.456 e. The number of esters is 1. The van der Waals surface area contributed by atoms with E-state index in [2.05, 4.69) is 19.1 Å². The summed E-state index contributed by atoms with van der Waals surface area (Å²) >= 11 is 0. The molecule has 0 aromatic rings. The molecule has 12 heteroatoms. The van der Waals surface area contributed by atoms with Crippen molar-refractivity contribution in [2.24, 2.45) is 0 Å². The molecule has 0 aliphatic carbocycles. The number of aliphatic hydroxyl groups is 7. The topological polar surface area (TPSA) is 196 Å². The van der Waals surface area contributed by atoms with E-state index in [0.29, 0.717) is 6.42 Å². The number of ether oxygens (including phenoxy) is 4. The Bertz CT molecular complexity index is 750. The van der Waals surface area contributed by atoms with E-state index < -0.39 is 80.6 Å². The van der Waals surface area contributed by atoms with Crippen molar-refractivity contribution in [3.05, 3.63) is 12.2 Å². The average Bonchev–Trinajstić information content (AvgIpc) is 2.98. The minimum atomic E-state index is -1.77. The monoisotopic (exact) mass is 606 g/mol. The Hall–Kier alpha value is -1.19. The average molecular weight is 607 g/mol. The second kappa shape index (κ2) is 20.7. The van der Waals surface area contributed by atoms with Crippen molar-refractivity contribution in [2.75, 3.05) is 13.2 Å². The van der Waals surface area contributed by atoms with Gasteiger partial charge in [-0.2, -0.15) is 0 Å². The Balaban J connectivity index is 1.70. The van der Waals surface area contributed by atoms with Crippen LogP contribution in [0.1, 0.15) is 96.8 Å². The van der Waals surface area contributed by atoms with Crippen molar-refractivity contribution in [3.8, 4) is 0 Å². The van der Waals surface area contributed by atoms with E-state index in [4.69, 9.17) is 18.9 Å². The Morgan fingerprint density at radius 1 is 0.667 bits per heavy atom. The molecule has 0 amide bonds. The Morgan fingerprint density at radius 3 is 1.83 bits per heavy atom. The number of rotatable bonds is 20. The quantitative estimate of drug-likeness (QED) is 0.0595. The van der Waals surface area contributed by atoms with Crippen LogP contribution in [0.4, 0.5) is 0 Å². The van der Waals surface area contributed by atoms with Gasteiger partial charge in [-0.3, -0.25) is 4.79 Å². The molecule has 0 unspecified atom stereocenters. The van der Waals surface area contributed by atoms with Crippen LogP contribution in [0.25, 0.3) is 0 Å². The number of allylic oxidation sites excluding steroid dienone is 2. The molecule has 12 nitrogen and oxygen atoms in total. The number of carbonyl (C=O) groups is 1. The molecule has 2 rings (SSSR count). The molecule has 2 aliphatic heterocycles. The summed E-state index contributed by atoms with van der Waals surface area (Å²) in [4.78, 5) is 12.5. The molecule has 7 N–H and O–H groups in total. The highest BCUT2D eigenvalue weighted by molar-refractivity contribution is 5.69. The summed E-state index contributed by atoms with van der Waals surface area (Å²) in [6, 6.07) is 0. The van der Waals surface area contributed by atoms with Gasteiger partial charge in [0.05, 0.1) is 13.2 Å². The van der Waals surface area contributed by atoms with Gasteiger partial charge in [0, 0.05) is 6.42 Å². The first-order valence-corrected chi connectivity index (χ1v) is 15.7. The van der Waals surface area contributed by atoms with Gasteiger partial charge in [-0.05, 0) is 32.1 Å². The largest absolute Gasteiger partial charge is 0.456 e. The maximum atomic E-state index is 12.5. The Morgan fingerprint density at radius 2 is 1.24 bits per heavy atom. The summed E-state index contributed by atoms with van der Waals surface area (Å²) in [6.07, 6.45) is 3.48. The Kier molecular flexibility index (Phi) is 18.2. The lowest BCUT2D eigenvalue weighted by Gasteiger charge is -2.45. The zero-order chi connectivity index (χ0) is 30.9. The summed E-state index contributed by atoms with van der Waals surface area (Å²) in [7, 11) is 0. The minimum absolute atomic E-state index is 0.0795.